The molecule has 6 heteroatoms. The zero-order chi connectivity index (χ0) is 12.3. The monoisotopic (exact) mass is 240 g/mol. The molecule has 0 saturated carbocycles. The molecule has 0 unspecified atom stereocenters. The number of nitro benzene ring substituents is 1. The van der Waals surface area contributed by atoms with Crippen molar-refractivity contribution in [1.82, 2.24) is 0 Å². The second-order valence-corrected chi connectivity index (χ2v) is 3.88. The highest BCUT2D eigenvalue weighted by Gasteiger charge is 2.15. The Hall–Kier alpha value is -1.69. The smallest absolute Gasteiger partial charge is 0.274 e. The maximum Gasteiger partial charge on any atom is 0.274 e. The first-order chi connectivity index (χ1) is 8.16. The van der Waals surface area contributed by atoms with Gasteiger partial charge >= 0.3 is 0 Å². The zero-order valence-corrected chi connectivity index (χ0v) is 9.26. The maximum absolute atomic E-state index is 13.3. The minimum atomic E-state index is -0.584. The van der Waals surface area contributed by atoms with Gasteiger partial charge in [-0.3, -0.25) is 10.1 Å². The molecule has 1 aromatic rings. The van der Waals surface area contributed by atoms with Crippen LogP contribution >= 0.6 is 0 Å². The number of anilines is 1. The molecule has 1 heterocycles. The van der Waals surface area contributed by atoms with E-state index >= 15 is 0 Å². The van der Waals surface area contributed by atoms with Gasteiger partial charge in [-0.1, -0.05) is 0 Å². The molecule has 1 aromatic carbocycles. The molecule has 2 rings (SSSR count). The van der Waals surface area contributed by atoms with Gasteiger partial charge in [0.1, 0.15) is 5.82 Å². The Morgan fingerprint density at radius 3 is 2.88 bits per heavy atom. The number of hydrogen-bond acceptors (Lipinski definition) is 4. The Bertz CT molecular complexity index is 417. The summed E-state index contributed by atoms with van der Waals surface area (Å²) in [5, 5.41) is 10.7. The third-order valence-electron chi connectivity index (χ3n) is 2.67. The molecule has 0 aliphatic carbocycles. The van der Waals surface area contributed by atoms with Gasteiger partial charge in [0.2, 0.25) is 0 Å². The van der Waals surface area contributed by atoms with E-state index in [1.807, 2.05) is 4.90 Å². The third kappa shape index (κ3) is 2.91. The Balaban J connectivity index is 2.27. The van der Waals surface area contributed by atoms with E-state index in [1.54, 1.807) is 0 Å². The molecule has 1 aliphatic heterocycles. The van der Waals surface area contributed by atoms with Crippen molar-refractivity contribution in [2.45, 2.75) is 6.42 Å². The molecule has 1 fully saturated rings. The number of nitrogens with zero attached hydrogens (tertiary/aromatic N) is 2. The van der Waals surface area contributed by atoms with E-state index < -0.39 is 10.7 Å². The minimum Gasteiger partial charge on any atom is -0.380 e. The van der Waals surface area contributed by atoms with Crippen molar-refractivity contribution < 1.29 is 14.1 Å². The number of rotatable bonds is 2. The summed E-state index contributed by atoms with van der Waals surface area (Å²) in [7, 11) is 0. The van der Waals surface area contributed by atoms with Crippen LogP contribution in [0.1, 0.15) is 6.42 Å². The predicted octanol–water partition coefficient (Wildman–Crippen LogP) is 1.96. The SMILES string of the molecule is O=[N+]([O-])c1cc(F)cc(N2CCCOCC2)c1. The number of ether oxygens (including phenoxy) is 1. The predicted molar refractivity (Wildman–Crippen MR) is 60.7 cm³/mol. The van der Waals surface area contributed by atoms with Gasteiger partial charge in [0.25, 0.3) is 5.69 Å². The van der Waals surface area contributed by atoms with Crippen LogP contribution in [0.25, 0.3) is 0 Å². The van der Waals surface area contributed by atoms with E-state index in [4.69, 9.17) is 4.74 Å². The molecule has 0 radical (unpaired) electrons. The fourth-order valence-electron chi connectivity index (χ4n) is 1.85. The van der Waals surface area contributed by atoms with Crippen molar-refractivity contribution in [1.29, 1.82) is 0 Å². The molecule has 0 bridgehead atoms. The molecule has 17 heavy (non-hydrogen) atoms. The first kappa shape index (κ1) is 11.8. The average molecular weight is 240 g/mol. The van der Waals surface area contributed by atoms with Crippen molar-refractivity contribution in [3.8, 4) is 0 Å². The summed E-state index contributed by atoms with van der Waals surface area (Å²) in [5.41, 5.74) is 0.326. The Labute approximate surface area is 97.9 Å². The fourth-order valence-corrected chi connectivity index (χ4v) is 1.85. The van der Waals surface area contributed by atoms with Crippen LogP contribution in [0.5, 0.6) is 0 Å². The zero-order valence-electron chi connectivity index (χ0n) is 9.26. The Morgan fingerprint density at radius 2 is 2.12 bits per heavy atom. The lowest BCUT2D eigenvalue weighted by atomic mass is 10.2. The Kier molecular flexibility index (Phi) is 3.53. The van der Waals surface area contributed by atoms with Crippen molar-refractivity contribution >= 4 is 11.4 Å². The molecular weight excluding hydrogens is 227 g/mol. The van der Waals surface area contributed by atoms with E-state index in [0.29, 0.717) is 25.4 Å². The highest BCUT2D eigenvalue weighted by molar-refractivity contribution is 5.53. The van der Waals surface area contributed by atoms with E-state index in [-0.39, 0.29) is 5.69 Å². The summed E-state index contributed by atoms with van der Waals surface area (Å²) >= 11 is 0. The molecule has 0 aromatic heterocycles. The van der Waals surface area contributed by atoms with Gasteiger partial charge in [-0.25, -0.2) is 4.39 Å². The van der Waals surface area contributed by atoms with Crippen molar-refractivity contribution in [2.24, 2.45) is 0 Å². The lowest BCUT2D eigenvalue weighted by Gasteiger charge is -2.21. The van der Waals surface area contributed by atoms with E-state index in [1.165, 1.54) is 12.1 Å². The van der Waals surface area contributed by atoms with Gasteiger partial charge < -0.3 is 9.64 Å². The van der Waals surface area contributed by atoms with E-state index in [2.05, 4.69) is 0 Å². The third-order valence-corrected chi connectivity index (χ3v) is 2.67. The summed E-state index contributed by atoms with van der Waals surface area (Å²) < 4.78 is 18.6. The van der Waals surface area contributed by atoms with Crippen LogP contribution in [0.4, 0.5) is 15.8 Å². The van der Waals surface area contributed by atoms with Gasteiger partial charge in [-0.2, -0.15) is 0 Å². The molecular formula is C11H13FN2O3. The number of nitro groups is 1. The molecule has 92 valence electrons. The first-order valence-electron chi connectivity index (χ1n) is 5.44. The lowest BCUT2D eigenvalue weighted by Crippen LogP contribution is -2.25. The number of benzene rings is 1. The lowest BCUT2D eigenvalue weighted by molar-refractivity contribution is -0.385. The van der Waals surface area contributed by atoms with Crippen LogP contribution in [0, 0.1) is 15.9 Å². The summed E-state index contributed by atoms with van der Waals surface area (Å²) in [6.07, 6.45) is 0.838. The molecule has 0 atom stereocenters. The van der Waals surface area contributed by atoms with Crippen LogP contribution in [0.15, 0.2) is 18.2 Å². The van der Waals surface area contributed by atoms with Crippen molar-refractivity contribution in [3.63, 3.8) is 0 Å². The molecule has 1 saturated heterocycles. The van der Waals surface area contributed by atoms with Crippen LogP contribution < -0.4 is 4.90 Å². The molecule has 5 nitrogen and oxygen atoms in total. The first-order valence-corrected chi connectivity index (χ1v) is 5.44. The van der Waals surface area contributed by atoms with E-state index in [0.717, 1.165) is 19.0 Å². The minimum absolute atomic E-state index is 0.217. The number of hydrogen-bond donors (Lipinski definition) is 0. The topological polar surface area (TPSA) is 55.6 Å². The number of halogens is 1. The maximum atomic E-state index is 13.3. The fraction of sp³-hybridized carbons (Fsp3) is 0.455. The van der Waals surface area contributed by atoms with Gasteiger partial charge in [-0.05, 0) is 12.5 Å². The van der Waals surface area contributed by atoms with Crippen molar-refractivity contribution in [2.75, 3.05) is 31.2 Å². The summed E-state index contributed by atoms with van der Waals surface area (Å²) in [5.74, 6) is -0.584. The highest BCUT2D eigenvalue weighted by atomic mass is 19.1. The quantitative estimate of drug-likeness (QED) is 0.585. The number of non-ortho nitro benzene ring substituents is 1. The summed E-state index contributed by atoms with van der Waals surface area (Å²) in [6, 6.07) is 3.64. The van der Waals surface area contributed by atoms with Gasteiger partial charge in [-0.15, -0.1) is 0 Å². The van der Waals surface area contributed by atoms with E-state index in [9.17, 15) is 14.5 Å². The van der Waals surface area contributed by atoms with Crippen molar-refractivity contribution in [3.05, 3.63) is 34.1 Å². The molecule has 1 aliphatic rings. The molecule has 0 spiro atoms. The van der Waals surface area contributed by atoms with Crippen LogP contribution in [-0.2, 0) is 4.74 Å². The van der Waals surface area contributed by atoms with Crippen LogP contribution in [-0.4, -0.2) is 31.2 Å². The van der Waals surface area contributed by atoms with Crippen LogP contribution in [0.2, 0.25) is 0 Å². The van der Waals surface area contributed by atoms with Gasteiger partial charge in [0, 0.05) is 31.5 Å². The highest BCUT2D eigenvalue weighted by Crippen LogP contribution is 2.24. The molecule has 0 amide bonds. The summed E-state index contributed by atoms with van der Waals surface area (Å²) in [6.45, 7) is 2.58. The van der Waals surface area contributed by atoms with Gasteiger partial charge in [0.05, 0.1) is 17.6 Å². The average Bonchev–Trinajstić information content (AvgIpc) is 2.56. The second kappa shape index (κ2) is 5.09. The standard InChI is InChI=1S/C11H13FN2O3/c12-9-6-10(8-11(7-9)14(15)16)13-2-1-4-17-5-3-13/h6-8H,1-5H2. The van der Waals surface area contributed by atoms with Gasteiger partial charge in [0.15, 0.2) is 0 Å². The largest absolute Gasteiger partial charge is 0.380 e. The second-order valence-electron chi connectivity index (χ2n) is 3.88. The normalized spacial score (nSPS) is 16.6. The van der Waals surface area contributed by atoms with Crippen LogP contribution in [0.3, 0.4) is 0 Å². The summed E-state index contributed by atoms with van der Waals surface area (Å²) in [4.78, 5) is 12.0. The molecule has 0 N–H and O–H groups in total. The Morgan fingerprint density at radius 1 is 1.29 bits per heavy atom.